The fourth-order valence-electron chi connectivity index (χ4n) is 2.34. The van der Waals surface area contributed by atoms with E-state index in [1.165, 1.54) is 0 Å². The van der Waals surface area contributed by atoms with Crippen molar-refractivity contribution in [2.24, 2.45) is 11.1 Å². The fourth-order valence-corrected chi connectivity index (χ4v) is 2.94. The second-order valence-electron chi connectivity index (χ2n) is 4.54. The molecule has 5 heteroatoms. The summed E-state index contributed by atoms with van der Waals surface area (Å²) in [6.07, 6.45) is 1.91. The van der Waals surface area contributed by atoms with Crippen molar-refractivity contribution in [2.45, 2.75) is 33.2 Å². The normalized spacial score (nSPS) is 24.4. The van der Waals surface area contributed by atoms with Gasteiger partial charge < -0.3 is 5.21 Å². The average molecular weight is 253 g/mol. The summed E-state index contributed by atoms with van der Waals surface area (Å²) in [5, 5.41) is 15.6. The topological polar surface area (TPSA) is 48.7 Å². The van der Waals surface area contributed by atoms with Crippen molar-refractivity contribution in [2.75, 3.05) is 13.1 Å². The molecular weight excluding hydrogens is 234 g/mol. The monoisotopic (exact) mass is 253 g/mol. The molecule has 1 aromatic heterocycles. The first-order valence-electron chi connectivity index (χ1n) is 6.07. The Labute approximate surface area is 106 Å². The molecule has 0 spiro atoms. The smallest absolute Gasteiger partial charge is 0.0897 e. The van der Waals surface area contributed by atoms with Gasteiger partial charge >= 0.3 is 0 Å². The van der Waals surface area contributed by atoms with Crippen LogP contribution in [-0.2, 0) is 6.54 Å². The Morgan fingerprint density at radius 1 is 1.65 bits per heavy atom. The molecule has 94 valence electrons. The first-order valence-corrected chi connectivity index (χ1v) is 6.95. The molecule has 2 rings (SSSR count). The van der Waals surface area contributed by atoms with Crippen LogP contribution >= 0.6 is 11.3 Å². The molecule has 0 bridgehead atoms. The predicted molar refractivity (Wildman–Crippen MR) is 69.7 cm³/mol. The van der Waals surface area contributed by atoms with E-state index in [1.807, 2.05) is 6.92 Å². The van der Waals surface area contributed by atoms with Crippen molar-refractivity contribution >= 4 is 17.0 Å². The van der Waals surface area contributed by atoms with Gasteiger partial charge in [-0.05, 0) is 13.3 Å². The highest BCUT2D eigenvalue weighted by Crippen LogP contribution is 2.19. The van der Waals surface area contributed by atoms with E-state index in [0.29, 0.717) is 5.92 Å². The molecule has 1 N–H and O–H groups in total. The number of rotatable bonds is 3. The van der Waals surface area contributed by atoms with E-state index in [0.717, 1.165) is 48.9 Å². The van der Waals surface area contributed by atoms with Crippen molar-refractivity contribution in [3.8, 4) is 0 Å². The molecule has 4 nitrogen and oxygen atoms in total. The number of aromatic nitrogens is 1. The summed E-state index contributed by atoms with van der Waals surface area (Å²) in [5.74, 6) is 0.397. The highest BCUT2D eigenvalue weighted by Gasteiger charge is 2.24. The van der Waals surface area contributed by atoms with Crippen LogP contribution < -0.4 is 0 Å². The molecule has 1 saturated heterocycles. The zero-order valence-electron chi connectivity index (χ0n) is 10.4. The minimum atomic E-state index is 0.397. The minimum Gasteiger partial charge on any atom is -0.411 e. The minimum absolute atomic E-state index is 0.397. The number of likely N-dealkylation sites (tertiary alicyclic amines) is 1. The molecule has 17 heavy (non-hydrogen) atoms. The number of hydrogen-bond acceptors (Lipinski definition) is 5. The Balaban J connectivity index is 1.96. The molecular formula is C12H19N3OS. The molecule has 0 aromatic carbocycles. The first-order chi connectivity index (χ1) is 8.22. The lowest BCUT2D eigenvalue weighted by molar-refractivity contribution is 0.218. The van der Waals surface area contributed by atoms with E-state index in [-0.39, 0.29) is 0 Å². The van der Waals surface area contributed by atoms with Crippen LogP contribution in [0.4, 0.5) is 0 Å². The Bertz CT molecular complexity index is 402. The maximum atomic E-state index is 8.93. The van der Waals surface area contributed by atoms with E-state index in [1.54, 1.807) is 11.3 Å². The fraction of sp³-hybridized carbons (Fsp3) is 0.667. The number of piperidine rings is 1. The van der Waals surface area contributed by atoms with Crippen LogP contribution in [0.3, 0.4) is 0 Å². The molecule has 2 heterocycles. The van der Waals surface area contributed by atoms with Crippen molar-refractivity contribution in [1.82, 2.24) is 9.88 Å². The standard InChI is InChI=1S/C12H19N3OS/c1-3-10-6-15(5-4-12(10)14-16)7-11-8-17-9(2)13-11/h8,10,16H,3-7H2,1-2H3. The van der Waals surface area contributed by atoms with E-state index >= 15 is 0 Å². The second-order valence-corrected chi connectivity index (χ2v) is 5.60. The summed E-state index contributed by atoms with van der Waals surface area (Å²) in [4.78, 5) is 6.89. The van der Waals surface area contributed by atoms with Crippen molar-refractivity contribution in [3.05, 3.63) is 16.1 Å². The molecule has 0 aliphatic carbocycles. The van der Waals surface area contributed by atoms with Crippen LogP contribution in [-0.4, -0.2) is 33.9 Å². The predicted octanol–water partition coefficient (Wildman–Crippen LogP) is 2.51. The van der Waals surface area contributed by atoms with Gasteiger partial charge in [-0.15, -0.1) is 11.3 Å². The summed E-state index contributed by atoms with van der Waals surface area (Å²) < 4.78 is 0. The number of thiazole rings is 1. The molecule has 1 aliphatic rings. The lowest BCUT2D eigenvalue weighted by Crippen LogP contribution is -2.40. The Morgan fingerprint density at radius 2 is 2.47 bits per heavy atom. The molecule has 0 amide bonds. The van der Waals surface area contributed by atoms with E-state index in [2.05, 4.69) is 27.3 Å². The highest BCUT2D eigenvalue weighted by molar-refractivity contribution is 7.09. The van der Waals surface area contributed by atoms with Crippen LogP contribution in [0, 0.1) is 12.8 Å². The molecule has 1 aliphatic heterocycles. The molecule has 1 unspecified atom stereocenters. The van der Waals surface area contributed by atoms with Gasteiger partial charge in [-0.1, -0.05) is 12.1 Å². The van der Waals surface area contributed by atoms with Gasteiger partial charge in [-0.25, -0.2) is 4.98 Å². The lowest BCUT2D eigenvalue weighted by atomic mass is 9.93. The number of hydrogen-bond donors (Lipinski definition) is 1. The van der Waals surface area contributed by atoms with Gasteiger partial charge in [0.25, 0.3) is 0 Å². The van der Waals surface area contributed by atoms with Gasteiger partial charge in [-0.3, -0.25) is 4.90 Å². The van der Waals surface area contributed by atoms with Crippen molar-refractivity contribution < 1.29 is 5.21 Å². The van der Waals surface area contributed by atoms with E-state index in [9.17, 15) is 0 Å². The molecule has 1 fully saturated rings. The van der Waals surface area contributed by atoms with Crippen LogP contribution in [0.5, 0.6) is 0 Å². The Hall–Kier alpha value is -0.940. The number of aryl methyl sites for hydroxylation is 1. The summed E-state index contributed by atoms with van der Waals surface area (Å²) in [6.45, 7) is 7.04. The maximum absolute atomic E-state index is 8.93. The van der Waals surface area contributed by atoms with Gasteiger partial charge in [0, 0.05) is 37.4 Å². The van der Waals surface area contributed by atoms with Crippen LogP contribution in [0.25, 0.3) is 0 Å². The zero-order chi connectivity index (χ0) is 12.3. The van der Waals surface area contributed by atoms with Crippen molar-refractivity contribution in [3.63, 3.8) is 0 Å². The quantitative estimate of drug-likeness (QED) is 0.665. The number of oxime groups is 1. The van der Waals surface area contributed by atoms with Gasteiger partial charge in [0.05, 0.1) is 16.4 Å². The summed E-state index contributed by atoms with van der Waals surface area (Å²) in [7, 11) is 0. The molecule has 1 atom stereocenters. The third kappa shape index (κ3) is 3.04. The van der Waals surface area contributed by atoms with Gasteiger partial charge in [-0.2, -0.15) is 0 Å². The maximum Gasteiger partial charge on any atom is 0.0897 e. The zero-order valence-corrected chi connectivity index (χ0v) is 11.2. The molecule has 1 aromatic rings. The Kier molecular flexibility index (Phi) is 4.12. The largest absolute Gasteiger partial charge is 0.411 e. The van der Waals surface area contributed by atoms with Crippen LogP contribution in [0.2, 0.25) is 0 Å². The summed E-state index contributed by atoms with van der Waals surface area (Å²) in [6, 6.07) is 0. The van der Waals surface area contributed by atoms with Crippen molar-refractivity contribution in [1.29, 1.82) is 0 Å². The third-order valence-corrected chi connectivity index (χ3v) is 4.13. The lowest BCUT2D eigenvalue weighted by Gasteiger charge is -2.32. The first kappa shape index (κ1) is 12.5. The van der Waals surface area contributed by atoms with Crippen LogP contribution in [0.1, 0.15) is 30.5 Å². The van der Waals surface area contributed by atoms with Gasteiger partial charge in [0.15, 0.2) is 0 Å². The SMILES string of the molecule is CCC1CN(Cc2csc(C)n2)CCC1=NO. The number of nitrogens with zero attached hydrogens (tertiary/aromatic N) is 3. The summed E-state index contributed by atoms with van der Waals surface area (Å²) >= 11 is 1.70. The third-order valence-electron chi connectivity index (χ3n) is 3.31. The Morgan fingerprint density at radius 3 is 3.06 bits per heavy atom. The van der Waals surface area contributed by atoms with E-state index < -0.39 is 0 Å². The summed E-state index contributed by atoms with van der Waals surface area (Å²) in [5.41, 5.74) is 2.12. The molecule has 0 radical (unpaired) electrons. The second kappa shape index (κ2) is 5.60. The van der Waals surface area contributed by atoms with Gasteiger partial charge in [0.2, 0.25) is 0 Å². The molecule has 0 saturated carbocycles. The van der Waals surface area contributed by atoms with Gasteiger partial charge in [0.1, 0.15) is 0 Å². The highest BCUT2D eigenvalue weighted by atomic mass is 32.1. The van der Waals surface area contributed by atoms with Crippen LogP contribution in [0.15, 0.2) is 10.5 Å². The van der Waals surface area contributed by atoms with E-state index in [4.69, 9.17) is 5.21 Å². The average Bonchev–Trinajstić information content (AvgIpc) is 2.74.